The van der Waals surface area contributed by atoms with Crippen molar-refractivity contribution in [3.8, 4) is 11.3 Å². The van der Waals surface area contributed by atoms with Crippen LogP contribution in [0.4, 0.5) is 11.4 Å². The number of aromatic nitrogens is 3. The molecule has 144 valence electrons. The van der Waals surface area contributed by atoms with Crippen LogP contribution in [0, 0.1) is 6.92 Å². The first-order valence-electron chi connectivity index (χ1n) is 9.11. The molecule has 0 unspecified atom stereocenters. The summed E-state index contributed by atoms with van der Waals surface area (Å²) in [6.45, 7) is 6.06. The molecular formula is C21H22N4O3. The lowest BCUT2D eigenvalue weighted by molar-refractivity contribution is 0.0527. The summed E-state index contributed by atoms with van der Waals surface area (Å²) in [5, 5.41) is 7.50. The van der Waals surface area contributed by atoms with Crippen molar-refractivity contribution < 1.29 is 9.53 Å². The molecule has 7 nitrogen and oxygen atoms in total. The molecule has 3 aromatic rings. The van der Waals surface area contributed by atoms with Gasteiger partial charge in [0.2, 0.25) is 0 Å². The highest BCUT2D eigenvalue weighted by Crippen LogP contribution is 2.28. The lowest BCUT2D eigenvalue weighted by Gasteiger charge is -2.16. The van der Waals surface area contributed by atoms with Crippen LogP contribution in [0.3, 0.4) is 0 Å². The Hall–Kier alpha value is -3.48. The van der Waals surface area contributed by atoms with Crippen LogP contribution in [0.25, 0.3) is 11.3 Å². The summed E-state index contributed by atoms with van der Waals surface area (Å²) in [7, 11) is 0. The molecule has 0 fully saturated rings. The summed E-state index contributed by atoms with van der Waals surface area (Å²) >= 11 is 0. The summed E-state index contributed by atoms with van der Waals surface area (Å²) in [5.74, 6) is -0.599. The Morgan fingerprint density at radius 2 is 2.04 bits per heavy atom. The monoisotopic (exact) mass is 378 g/mol. The smallest absolute Gasteiger partial charge is 0.342 e. The number of pyridine rings is 1. The SMILES string of the molecule is CCOC(=O)c1c(-c2cccc(C)c2)nn(CC)c(=O)c1Nc1cccnc1. The van der Waals surface area contributed by atoms with Gasteiger partial charge in [-0.3, -0.25) is 9.78 Å². The number of aryl methyl sites for hydroxylation is 2. The molecule has 3 rings (SSSR count). The molecule has 2 heterocycles. The Labute approximate surface area is 163 Å². The zero-order valence-electron chi connectivity index (χ0n) is 16.1. The maximum absolute atomic E-state index is 13.0. The Morgan fingerprint density at radius 3 is 2.68 bits per heavy atom. The number of carbonyl (C=O) groups excluding carboxylic acids is 1. The van der Waals surface area contributed by atoms with E-state index in [1.807, 2.05) is 38.1 Å². The van der Waals surface area contributed by atoms with Crippen LogP contribution < -0.4 is 10.9 Å². The molecule has 0 amide bonds. The zero-order valence-corrected chi connectivity index (χ0v) is 16.1. The Morgan fingerprint density at radius 1 is 1.21 bits per heavy atom. The average molecular weight is 378 g/mol. The van der Waals surface area contributed by atoms with Gasteiger partial charge >= 0.3 is 5.97 Å². The standard InChI is InChI=1S/C21H22N4O3/c1-4-25-20(26)19(23-16-10-7-11-22-13-16)17(21(27)28-5-2)18(24-25)15-9-6-8-14(3)12-15/h6-13,23H,4-5H2,1-3H3. The summed E-state index contributed by atoms with van der Waals surface area (Å²) < 4.78 is 6.58. The van der Waals surface area contributed by atoms with E-state index in [9.17, 15) is 9.59 Å². The molecule has 2 aromatic heterocycles. The van der Waals surface area contributed by atoms with Crippen LogP contribution in [0.15, 0.2) is 53.6 Å². The maximum atomic E-state index is 13.0. The van der Waals surface area contributed by atoms with E-state index in [-0.39, 0.29) is 17.9 Å². The van der Waals surface area contributed by atoms with Crippen LogP contribution in [0.2, 0.25) is 0 Å². The fourth-order valence-corrected chi connectivity index (χ4v) is 2.88. The molecule has 7 heteroatoms. The lowest BCUT2D eigenvalue weighted by Crippen LogP contribution is -2.29. The average Bonchev–Trinajstić information content (AvgIpc) is 2.70. The minimum absolute atomic E-state index is 0.117. The number of nitrogens with one attached hydrogen (secondary N) is 1. The van der Waals surface area contributed by atoms with Crippen LogP contribution in [-0.4, -0.2) is 27.3 Å². The fourth-order valence-electron chi connectivity index (χ4n) is 2.88. The van der Waals surface area contributed by atoms with Gasteiger partial charge in [0.15, 0.2) is 0 Å². The number of rotatable bonds is 6. The van der Waals surface area contributed by atoms with Gasteiger partial charge in [-0.2, -0.15) is 5.10 Å². The molecular weight excluding hydrogens is 356 g/mol. The summed E-state index contributed by atoms with van der Waals surface area (Å²) in [4.78, 5) is 29.9. The van der Waals surface area contributed by atoms with Crippen LogP contribution in [0.5, 0.6) is 0 Å². The molecule has 0 aliphatic rings. The normalized spacial score (nSPS) is 10.5. The van der Waals surface area contributed by atoms with Crippen molar-refractivity contribution >= 4 is 17.3 Å². The van der Waals surface area contributed by atoms with E-state index in [4.69, 9.17) is 4.74 Å². The number of hydrogen-bond acceptors (Lipinski definition) is 6. The van der Waals surface area contributed by atoms with Crippen LogP contribution in [0.1, 0.15) is 29.8 Å². The van der Waals surface area contributed by atoms with Crippen LogP contribution >= 0.6 is 0 Å². The Kier molecular flexibility index (Phi) is 5.84. The van der Waals surface area contributed by atoms with Gasteiger partial charge in [0.05, 0.1) is 18.5 Å². The molecule has 0 atom stereocenters. The van der Waals surface area contributed by atoms with Gasteiger partial charge in [0, 0.05) is 18.3 Å². The highest BCUT2D eigenvalue weighted by molar-refractivity contribution is 6.02. The quantitative estimate of drug-likeness (QED) is 0.660. The van der Waals surface area contributed by atoms with Crippen molar-refractivity contribution in [1.29, 1.82) is 0 Å². The van der Waals surface area contributed by atoms with E-state index in [2.05, 4.69) is 15.4 Å². The fraction of sp³-hybridized carbons (Fsp3) is 0.238. The van der Waals surface area contributed by atoms with E-state index in [1.165, 1.54) is 4.68 Å². The van der Waals surface area contributed by atoms with E-state index in [0.29, 0.717) is 17.9 Å². The van der Waals surface area contributed by atoms with Gasteiger partial charge in [0.1, 0.15) is 16.9 Å². The van der Waals surface area contributed by atoms with Gasteiger partial charge in [-0.15, -0.1) is 0 Å². The van der Waals surface area contributed by atoms with E-state index in [1.54, 1.807) is 31.5 Å². The first-order chi connectivity index (χ1) is 13.5. The molecule has 0 saturated carbocycles. The first-order valence-corrected chi connectivity index (χ1v) is 9.11. The van der Waals surface area contributed by atoms with Crippen molar-refractivity contribution in [3.05, 3.63) is 70.3 Å². The van der Waals surface area contributed by atoms with Gasteiger partial charge in [-0.05, 0) is 39.0 Å². The minimum Gasteiger partial charge on any atom is -0.462 e. The molecule has 1 aromatic carbocycles. The molecule has 0 aliphatic heterocycles. The number of benzene rings is 1. The number of hydrogen-bond donors (Lipinski definition) is 1. The van der Waals surface area contributed by atoms with Crippen LogP contribution in [-0.2, 0) is 11.3 Å². The van der Waals surface area contributed by atoms with Crippen molar-refractivity contribution in [2.45, 2.75) is 27.3 Å². The third-order valence-electron chi connectivity index (χ3n) is 4.16. The predicted molar refractivity (Wildman–Crippen MR) is 108 cm³/mol. The molecule has 0 bridgehead atoms. The van der Waals surface area contributed by atoms with Gasteiger partial charge in [-0.1, -0.05) is 23.8 Å². The van der Waals surface area contributed by atoms with E-state index in [0.717, 1.165) is 11.1 Å². The highest BCUT2D eigenvalue weighted by Gasteiger charge is 2.25. The van der Waals surface area contributed by atoms with Gasteiger partial charge in [0.25, 0.3) is 5.56 Å². The minimum atomic E-state index is -0.599. The maximum Gasteiger partial charge on any atom is 0.342 e. The van der Waals surface area contributed by atoms with Crippen molar-refractivity contribution in [1.82, 2.24) is 14.8 Å². The Balaban J connectivity index is 2.30. The largest absolute Gasteiger partial charge is 0.462 e. The second-order valence-electron chi connectivity index (χ2n) is 6.18. The molecule has 0 radical (unpaired) electrons. The molecule has 28 heavy (non-hydrogen) atoms. The zero-order chi connectivity index (χ0) is 20.1. The predicted octanol–water partition coefficient (Wildman–Crippen LogP) is 3.55. The summed E-state index contributed by atoms with van der Waals surface area (Å²) in [5.41, 5.74) is 2.59. The number of anilines is 2. The summed E-state index contributed by atoms with van der Waals surface area (Å²) in [6.07, 6.45) is 3.21. The molecule has 0 saturated heterocycles. The van der Waals surface area contributed by atoms with Gasteiger partial charge in [-0.25, -0.2) is 9.48 Å². The number of nitrogens with zero attached hydrogens (tertiary/aromatic N) is 3. The van der Waals surface area contributed by atoms with Crippen molar-refractivity contribution in [2.75, 3.05) is 11.9 Å². The van der Waals surface area contributed by atoms with Gasteiger partial charge < -0.3 is 10.1 Å². The highest BCUT2D eigenvalue weighted by atomic mass is 16.5. The number of carbonyl (C=O) groups is 1. The van der Waals surface area contributed by atoms with Crippen molar-refractivity contribution in [3.63, 3.8) is 0 Å². The van der Waals surface area contributed by atoms with Crippen molar-refractivity contribution in [2.24, 2.45) is 0 Å². The number of ether oxygens (including phenoxy) is 1. The lowest BCUT2D eigenvalue weighted by atomic mass is 10.0. The molecule has 0 spiro atoms. The second-order valence-corrected chi connectivity index (χ2v) is 6.18. The second kappa shape index (κ2) is 8.47. The number of esters is 1. The third-order valence-corrected chi connectivity index (χ3v) is 4.16. The first kappa shape index (κ1) is 19.3. The molecule has 0 aliphatic carbocycles. The Bertz CT molecular complexity index is 1050. The summed E-state index contributed by atoms with van der Waals surface area (Å²) in [6, 6.07) is 11.1. The topological polar surface area (TPSA) is 86.1 Å². The molecule has 1 N–H and O–H groups in total. The van der Waals surface area contributed by atoms with E-state index >= 15 is 0 Å². The van der Waals surface area contributed by atoms with E-state index < -0.39 is 11.5 Å². The third kappa shape index (κ3) is 3.93.